The molecule has 0 aliphatic rings. The molecule has 0 unspecified atom stereocenters. The van der Waals surface area contributed by atoms with Gasteiger partial charge in [0.2, 0.25) is 0 Å². The van der Waals surface area contributed by atoms with E-state index in [1.165, 1.54) is 4.57 Å². The Morgan fingerprint density at radius 1 is 1.38 bits per heavy atom. The summed E-state index contributed by atoms with van der Waals surface area (Å²) in [6.45, 7) is 3.91. The van der Waals surface area contributed by atoms with Gasteiger partial charge in [-0.05, 0) is 23.7 Å². The maximum atomic E-state index is 11.9. The number of fused-ring (bicyclic) bond motifs is 1. The summed E-state index contributed by atoms with van der Waals surface area (Å²) in [6, 6.07) is 6.98. The van der Waals surface area contributed by atoms with Crippen molar-refractivity contribution in [1.29, 1.82) is 0 Å². The van der Waals surface area contributed by atoms with E-state index in [1.807, 2.05) is 0 Å². The Balaban J connectivity index is 2.91. The van der Waals surface area contributed by atoms with Crippen LogP contribution in [0.4, 0.5) is 4.79 Å². The van der Waals surface area contributed by atoms with E-state index in [9.17, 15) is 9.59 Å². The fraction of sp³-hybridized carbons (Fsp3) is 0.0909. The molecule has 2 rings (SSSR count). The van der Waals surface area contributed by atoms with Gasteiger partial charge in [-0.25, -0.2) is 9.36 Å². The van der Waals surface area contributed by atoms with Crippen LogP contribution < -0.4 is 5.69 Å². The summed E-state index contributed by atoms with van der Waals surface area (Å²) < 4.78 is 2.39. The monoisotopic (exact) mass is 236 g/mol. The minimum Gasteiger partial charge on any atom is -0.288 e. The van der Waals surface area contributed by atoms with Crippen LogP contribution >= 0.6 is 11.6 Å². The third kappa shape index (κ3) is 1.47. The van der Waals surface area contributed by atoms with Gasteiger partial charge in [-0.1, -0.05) is 18.2 Å². The highest BCUT2D eigenvalue weighted by atomic mass is 35.5. The maximum absolute atomic E-state index is 11.9. The van der Waals surface area contributed by atoms with E-state index < -0.39 is 11.1 Å². The van der Waals surface area contributed by atoms with Crippen LogP contribution in [0, 0.1) is 0 Å². The maximum Gasteiger partial charge on any atom is 0.337 e. The number of carbonyl (C=O) groups is 1. The van der Waals surface area contributed by atoms with E-state index >= 15 is 0 Å². The topological polar surface area (TPSA) is 44.0 Å². The molecule has 82 valence electrons. The van der Waals surface area contributed by atoms with Crippen molar-refractivity contribution in [1.82, 2.24) is 9.13 Å². The second kappa shape index (κ2) is 3.98. The van der Waals surface area contributed by atoms with Crippen LogP contribution in [0.3, 0.4) is 0 Å². The normalized spacial score (nSPS) is 10.6. The third-order valence-corrected chi connectivity index (χ3v) is 2.49. The van der Waals surface area contributed by atoms with Gasteiger partial charge in [0, 0.05) is 6.54 Å². The molecule has 0 radical (unpaired) electrons. The number of benzene rings is 1. The van der Waals surface area contributed by atoms with Crippen molar-refractivity contribution in [3.8, 4) is 0 Å². The second-order valence-corrected chi connectivity index (χ2v) is 3.58. The molecule has 0 fully saturated rings. The standard InChI is InChI=1S/C11H9ClN2O2/c1-2-7-13-8-5-3-4-6-9(8)14(10(12)15)11(13)16/h2-6H,1,7H2. The molecular formula is C11H9ClN2O2. The minimum atomic E-state index is -0.802. The molecule has 0 atom stereocenters. The molecule has 0 saturated carbocycles. The molecule has 5 heteroatoms. The van der Waals surface area contributed by atoms with E-state index in [0.29, 0.717) is 17.6 Å². The first-order chi connectivity index (χ1) is 7.66. The summed E-state index contributed by atoms with van der Waals surface area (Å²) >= 11 is 5.39. The van der Waals surface area contributed by atoms with Crippen LogP contribution in [0.2, 0.25) is 0 Å². The van der Waals surface area contributed by atoms with Gasteiger partial charge in [-0.3, -0.25) is 9.36 Å². The first-order valence-electron chi connectivity index (χ1n) is 4.68. The summed E-state index contributed by atoms with van der Waals surface area (Å²) in [5, 5.41) is -0.802. The third-order valence-electron chi connectivity index (χ3n) is 2.32. The molecule has 0 amide bonds. The number of carbonyl (C=O) groups excluding carboxylic acids is 1. The molecule has 0 aliphatic carbocycles. The summed E-state index contributed by atoms with van der Waals surface area (Å²) in [6.07, 6.45) is 1.59. The summed E-state index contributed by atoms with van der Waals surface area (Å²) in [5.74, 6) is 0. The zero-order chi connectivity index (χ0) is 11.7. The predicted molar refractivity (Wildman–Crippen MR) is 63.0 cm³/mol. The first kappa shape index (κ1) is 10.7. The van der Waals surface area contributed by atoms with Crippen LogP contribution in [-0.2, 0) is 6.54 Å². The van der Waals surface area contributed by atoms with Gasteiger partial charge < -0.3 is 0 Å². The SMILES string of the molecule is C=CCn1c(=O)n(C(=O)Cl)c2ccccc21. The van der Waals surface area contributed by atoms with Gasteiger partial charge in [-0.15, -0.1) is 6.58 Å². The van der Waals surface area contributed by atoms with E-state index in [4.69, 9.17) is 11.6 Å². The highest BCUT2D eigenvalue weighted by Gasteiger charge is 2.15. The summed E-state index contributed by atoms with van der Waals surface area (Å²) in [5.41, 5.74) is 0.733. The molecular weight excluding hydrogens is 228 g/mol. The molecule has 2 aromatic rings. The van der Waals surface area contributed by atoms with Crippen LogP contribution in [0.1, 0.15) is 0 Å². The van der Waals surface area contributed by atoms with Crippen LogP contribution in [-0.4, -0.2) is 14.5 Å². The van der Waals surface area contributed by atoms with Gasteiger partial charge in [0.25, 0.3) is 0 Å². The lowest BCUT2D eigenvalue weighted by Crippen LogP contribution is -2.26. The summed E-state index contributed by atoms with van der Waals surface area (Å²) in [4.78, 5) is 23.1. The van der Waals surface area contributed by atoms with Gasteiger partial charge in [0.15, 0.2) is 0 Å². The van der Waals surface area contributed by atoms with Crippen molar-refractivity contribution in [3.63, 3.8) is 0 Å². The molecule has 0 saturated heterocycles. The van der Waals surface area contributed by atoms with E-state index in [2.05, 4.69) is 6.58 Å². The number of halogens is 1. The Morgan fingerprint density at radius 3 is 2.56 bits per heavy atom. The largest absolute Gasteiger partial charge is 0.337 e. The van der Waals surface area contributed by atoms with Crippen molar-refractivity contribution in [2.75, 3.05) is 0 Å². The molecule has 4 nitrogen and oxygen atoms in total. The molecule has 0 N–H and O–H groups in total. The molecule has 1 aromatic heterocycles. The number of para-hydroxylation sites is 2. The number of hydrogen-bond donors (Lipinski definition) is 0. The fourth-order valence-electron chi connectivity index (χ4n) is 1.68. The van der Waals surface area contributed by atoms with Gasteiger partial charge in [0.05, 0.1) is 11.0 Å². The van der Waals surface area contributed by atoms with E-state index in [1.54, 1.807) is 30.3 Å². The average molecular weight is 237 g/mol. The molecule has 16 heavy (non-hydrogen) atoms. The van der Waals surface area contributed by atoms with Crippen LogP contribution in [0.25, 0.3) is 11.0 Å². The first-order valence-corrected chi connectivity index (χ1v) is 5.05. The lowest BCUT2D eigenvalue weighted by molar-refractivity contribution is 0.261. The number of aromatic nitrogens is 2. The Hall–Kier alpha value is -1.81. The zero-order valence-electron chi connectivity index (χ0n) is 8.39. The van der Waals surface area contributed by atoms with Crippen molar-refractivity contribution >= 4 is 28.0 Å². The lowest BCUT2D eigenvalue weighted by Gasteiger charge is -1.96. The number of nitrogens with zero attached hydrogens (tertiary/aromatic N) is 2. The highest BCUT2D eigenvalue weighted by molar-refractivity contribution is 6.63. The second-order valence-electron chi connectivity index (χ2n) is 3.26. The summed E-state index contributed by atoms with van der Waals surface area (Å²) in [7, 11) is 0. The highest BCUT2D eigenvalue weighted by Crippen LogP contribution is 2.13. The van der Waals surface area contributed by atoms with Gasteiger partial charge in [0.1, 0.15) is 0 Å². The Morgan fingerprint density at radius 2 is 2.00 bits per heavy atom. The number of allylic oxidation sites excluding steroid dienone is 1. The average Bonchev–Trinajstić information content (AvgIpc) is 2.53. The Bertz CT molecular complexity index is 624. The quantitative estimate of drug-likeness (QED) is 0.593. The fourth-order valence-corrected chi connectivity index (χ4v) is 1.85. The lowest BCUT2D eigenvalue weighted by atomic mass is 10.3. The Kier molecular flexibility index (Phi) is 2.66. The molecule has 0 bridgehead atoms. The molecule has 1 aromatic carbocycles. The zero-order valence-corrected chi connectivity index (χ0v) is 9.15. The molecule has 0 spiro atoms. The molecule has 1 heterocycles. The van der Waals surface area contributed by atoms with Crippen LogP contribution in [0.5, 0.6) is 0 Å². The number of imidazole rings is 1. The van der Waals surface area contributed by atoms with Crippen molar-refractivity contribution in [3.05, 3.63) is 47.4 Å². The minimum absolute atomic E-state index is 0.344. The van der Waals surface area contributed by atoms with Gasteiger partial charge >= 0.3 is 11.1 Å². The van der Waals surface area contributed by atoms with Gasteiger partial charge in [-0.2, -0.15) is 0 Å². The van der Waals surface area contributed by atoms with E-state index in [-0.39, 0.29) is 0 Å². The Labute approximate surface area is 96.4 Å². The smallest absolute Gasteiger partial charge is 0.288 e. The number of hydrogen-bond acceptors (Lipinski definition) is 2. The van der Waals surface area contributed by atoms with Crippen molar-refractivity contribution < 1.29 is 4.79 Å². The van der Waals surface area contributed by atoms with Crippen LogP contribution in [0.15, 0.2) is 41.7 Å². The van der Waals surface area contributed by atoms with Crippen molar-refractivity contribution in [2.45, 2.75) is 6.54 Å². The predicted octanol–water partition coefficient (Wildman–Crippen LogP) is 2.20. The molecule has 0 aliphatic heterocycles. The number of rotatable bonds is 2. The van der Waals surface area contributed by atoms with Crippen molar-refractivity contribution in [2.24, 2.45) is 0 Å². The van der Waals surface area contributed by atoms with E-state index in [0.717, 1.165) is 4.57 Å².